The third-order valence-corrected chi connectivity index (χ3v) is 10.1. The SMILES string of the molecule is CCCCCCCCCCCCCC(=O)OC(COCCCCCCCCCC)COC1OC(COC2OC(CO)C(O)C(O)C2O)C(O)C(O)C1O. The van der Waals surface area contributed by atoms with Gasteiger partial charge in [-0.05, 0) is 12.8 Å². The molecule has 53 heavy (non-hydrogen) atoms. The lowest BCUT2D eigenvalue weighted by Gasteiger charge is -2.42. The summed E-state index contributed by atoms with van der Waals surface area (Å²) in [7, 11) is 0. The van der Waals surface area contributed by atoms with Crippen molar-refractivity contribution >= 4 is 5.97 Å². The van der Waals surface area contributed by atoms with Crippen LogP contribution in [0.2, 0.25) is 0 Å². The molecule has 0 aromatic heterocycles. The molecule has 14 heteroatoms. The molecule has 2 heterocycles. The minimum atomic E-state index is -1.70. The Morgan fingerprint density at radius 3 is 1.53 bits per heavy atom. The van der Waals surface area contributed by atoms with Gasteiger partial charge in [0.05, 0.1) is 26.4 Å². The van der Waals surface area contributed by atoms with Crippen LogP contribution in [0.5, 0.6) is 0 Å². The summed E-state index contributed by atoms with van der Waals surface area (Å²) in [6.45, 7) is 3.64. The van der Waals surface area contributed by atoms with Crippen molar-refractivity contribution in [1.82, 2.24) is 0 Å². The number of aliphatic hydroxyl groups excluding tert-OH is 7. The highest BCUT2D eigenvalue weighted by Crippen LogP contribution is 2.26. The molecule has 11 unspecified atom stereocenters. The molecule has 2 rings (SSSR count). The average molecular weight is 767 g/mol. The maximum absolute atomic E-state index is 12.8. The quantitative estimate of drug-likeness (QED) is 0.0398. The van der Waals surface area contributed by atoms with Crippen molar-refractivity contribution in [2.45, 2.75) is 210 Å². The van der Waals surface area contributed by atoms with Crippen molar-refractivity contribution in [3.05, 3.63) is 0 Å². The van der Waals surface area contributed by atoms with Crippen LogP contribution in [0.1, 0.15) is 142 Å². The molecular formula is C39H74O14. The number of unbranched alkanes of at least 4 members (excludes halogenated alkanes) is 17. The number of hydrogen-bond donors (Lipinski definition) is 7. The van der Waals surface area contributed by atoms with Crippen molar-refractivity contribution in [3.8, 4) is 0 Å². The highest BCUT2D eigenvalue weighted by Gasteiger charge is 2.47. The second-order valence-electron chi connectivity index (χ2n) is 14.8. The zero-order valence-electron chi connectivity index (χ0n) is 32.5. The summed E-state index contributed by atoms with van der Waals surface area (Å²) in [6.07, 6.45) is 6.23. The number of esters is 1. The van der Waals surface area contributed by atoms with E-state index in [1.165, 1.54) is 77.0 Å². The Labute approximate surface area is 317 Å². The highest BCUT2D eigenvalue weighted by atomic mass is 16.7. The van der Waals surface area contributed by atoms with Crippen LogP contribution in [-0.4, -0.2) is 142 Å². The number of carbonyl (C=O) groups excluding carboxylic acids is 1. The molecule has 7 N–H and O–H groups in total. The third-order valence-electron chi connectivity index (χ3n) is 10.1. The molecule has 14 nitrogen and oxygen atoms in total. The normalized spacial score (nSPS) is 29.7. The fraction of sp³-hybridized carbons (Fsp3) is 0.974. The van der Waals surface area contributed by atoms with E-state index in [1.54, 1.807) is 0 Å². The Morgan fingerprint density at radius 2 is 1.00 bits per heavy atom. The molecule has 2 aliphatic rings. The minimum absolute atomic E-state index is 0.0676. The van der Waals surface area contributed by atoms with Gasteiger partial charge < -0.3 is 64.2 Å². The zero-order valence-corrected chi connectivity index (χ0v) is 32.5. The Kier molecular flexibility index (Phi) is 26.6. The lowest BCUT2D eigenvalue weighted by molar-refractivity contribution is -0.332. The molecule has 0 bridgehead atoms. The Morgan fingerprint density at radius 1 is 0.547 bits per heavy atom. The highest BCUT2D eigenvalue weighted by molar-refractivity contribution is 5.69. The first-order valence-electron chi connectivity index (χ1n) is 20.6. The van der Waals surface area contributed by atoms with E-state index in [9.17, 15) is 40.5 Å². The molecule has 2 aliphatic heterocycles. The van der Waals surface area contributed by atoms with E-state index in [4.69, 9.17) is 28.4 Å². The average Bonchev–Trinajstić information content (AvgIpc) is 3.15. The molecule has 0 aliphatic carbocycles. The summed E-state index contributed by atoms with van der Waals surface area (Å²) in [5.74, 6) is -0.378. The fourth-order valence-corrected chi connectivity index (χ4v) is 6.64. The molecule has 0 radical (unpaired) electrons. The molecule has 0 saturated carbocycles. The summed E-state index contributed by atoms with van der Waals surface area (Å²) < 4.78 is 34.0. The molecule has 0 aromatic carbocycles. The fourth-order valence-electron chi connectivity index (χ4n) is 6.64. The number of rotatable bonds is 31. The summed E-state index contributed by atoms with van der Waals surface area (Å²) in [5.41, 5.74) is 0. The van der Waals surface area contributed by atoms with Gasteiger partial charge in [0, 0.05) is 13.0 Å². The van der Waals surface area contributed by atoms with Crippen molar-refractivity contribution in [3.63, 3.8) is 0 Å². The topological polar surface area (TPSA) is 214 Å². The Bertz CT molecular complexity index is 896. The van der Waals surface area contributed by atoms with Crippen LogP contribution in [0, 0.1) is 0 Å². The molecular weight excluding hydrogens is 692 g/mol. The van der Waals surface area contributed by atoms with Gasteiger partial charge in [-0.3, -0.25) is 4.79 Å². The predicted molar refractivity (Wildman–Crippen MR) is 197 cm³/mol. The molecule has 11 atom stereocenters. The second-order valence-corrected chi connectivity index (χ2v) is 14.8. The standard InChI is InChI=1S/C39H74O14/c1-3-5-7-9-11-13-14-15-16-18-20-22-31(41)51-28(25-48-23-21-19-17-12-10-8-6-4-2)26-49-38-37(47)35(45)33(43)30(53-38)27-50-39-36(46)34(44)32(42)29(24-40)52-39/h28-30,32-40,42-47H,3-27H2,1-2H3. The van der Waals surface area contributed by atoms with Crippen LogP contribution < -0.4 is 0 Å². The molecule has 2 fully saturated rings. The lowest BCUT2D eigenvalue weighted by Crippen LogP contribution is -2.61. The first kappa shape index (κ1) is 48.1. The van der Waals surface area contributed by atoms with Crippen LogP contribution in [0.15, 0.2) is 0 Å². The smallest absolute Gasteiger partial charge is 0.306 e. The van der Waals surface area contributed by atoms with Gasteiger partial charge in [0.2, 0.25) is 0 Å². The summed E-state index contributed by atoms with van der Waals surface area (Å²) in [4.78, 5) is 12.8. The van der Waals surface area contributed by atoms with E-state index in [2.05, 4.69) is 13.8 Å². The van der Waals surface area contributed by atoms with Gasteiger partial charge in [-0.1, -0.05) is 123 Å². The van der Waals surface area contributed by atoms with Crippen molar-refractivity contribution in [1.29, 1.82) is 0 Å². The van der Waals surface area contributed by atoms with Crippen molar-refractivity contribution in [2.75, 3.05) is 33.0 Å². The van der Waals surface area contributed by atoms with Gasteiger partial charge in [0.15, 0.2) is 12.6 Å². The zero-order chi connectivity index (χ0) is 38.8. The van der Waals surface area contributed by atoms with Gasteiger partial charge in [0.25, 0.3) is 0 Å². The van der Waals surface area contributed by atoms with E-state index >= 15 is 0 Å². The van der Waals surface area contributed by atoms with Gasteiger partial charge in [-0.25, -0.2) is 0 Å². The molecule has 0 aromatic rings. The van der Waals surface area contributed by atoms with E-state index in [0.29, 0.717) is 13.0 Å². The number of aliphatic hydroxyl groups is 7. The first-order chi connectivity index (χ1) is 25.6. The Hall–Kier alpha value is -1.01. The van der Waals surface area contributed by atoms with Crippen molar-refractivity contribution < 1.29 is 69.0 Å². The second kappa shape index (κ2) is 29.3. The lowest BCUT2D eigenvalue weighted by atomic mass is 9.98. The molecule has 0 spiro atoms. The third kappa shape index (κ3) is 19.1. The molecule has 314 valence electrons. The minimum Gasteiger partial charge on any atom is -0.457 e. The number of hydrogen-bond acceptors (Lipinski definition) is 14. The number of carbonyl (C=O) groups is 1. The van der Waals surface area contributed by atoms with Crippen LogP contribution in [0.4, 0.5) is 0 Å². The monoisotopic (exact) mass is 767 g/mol. The maximum atomic E-state index is 12.8. The van der Waals surface area contributed by atoms with Crippen molar-refractivity contribution in [2.24, 2.45) is 0 Å². The van der Waals surface area contributed by atoms with Gasteiger partial charge in [0.1, 0.15) is 54.9 Å². The van der Waals surface area contributed by atoms with Gasteiger partial charge >= 0.3 is 5.97 Å². The summed E-state index contributed by atoms with van der Waals surface area (Å²) in [6, 6.07) is 0. The number of ether oxygens (including phenoxy) is 6. The van der Waals surface area contributed by atoms with Crippen LogP contribution in [-0.2, 0) is 33.2 Å². The predicted octanol–water partition coefficient (Wildman–Crippen LogP) is 3.40. The Balaban J connectivity index is 1.85. The summed E-state index contributed by atoms with van der Waals surface area (Å²) >= 11 is 0. The maximum Gasteiger partial charge on any atom is 0.306 e. The molecule has 0 amide bonds. The van der Waals surface area contributed by atoms with Crippen LogP contribution in [0.25, 0.3) is 0 Å². The molecule has 2 saturated heterocycles. The van der Waals surface area contributed by atoms with Gasteiger partial charge in [-0.2, -0.15) is 0 Å². The first-order valence-corrected chi connectivity index (χ1v) is 20.6. The largest absolute Gasteiger partial charge is 0.457 e. The van der Waals surface area contributed by atoms with E-state index in [-0.39, 0.29) is 25.6 Å². The van der Waals surface area contributed by atoms with E-state index in [1.807, 2.05) is 0 Å². The van der Waals surface area contributed by atoms with E-state index < -0.39 is 80.7 Å². The van der Waals surface area contributed by atoms with E-state index in [0.717, 1.165) is 38.5 Å². The van der Waals surface area contributed by atoms with Crippen LogP contribution >= 0.6 is 0 Å². The van der Waals surface area contributed by atoms with Crippen LogP contribution in [0.3, 0.4) is 0 Å². The summed E-state index contributed by atoms with van der Waals surface area (Å²) in [5, 5.41) is 71.6. The van der Waals surface area contributed by atoms with Gasteiger partial charge in [-0.15, -0.1) is 0 Å².